The number of hydrogen-bond donors (Lipinski definition) is 0. The Morgan fingerprint density at radius 1 is 0.962 bits per heavy atom. The van der Waals surface area contributed by atoms with Crippen LogP contribution in [0.1, 0.15) is 24.1 Å². The lowest BCUT2D eigenvalue weighted by atomic mass is 10.1. The first-order valence-corrected chi connectivity index (χ1v) is 8.42. The second-order valence-corrected chi connectivity index (χ2v) is 6.17. The van der Waals surface area contributed by atoms with Crippen LogP contribution in [0.3, 0.4) is 0 Å². The molecule has 26 heavy (non-hydrogen) atoms. The van der Waals surface area contributed by atoms with E-state index in [9.17, 15) is 14.4 Å². The molecule has 1 atom stereocenters. The molecule has 0 bridgehead atoms. The lowest BCUT2D eigenvalue weighted by Crippen LogP contribution is -2.37. The maximum Gasteiger partial charge on any atom is 0.334 e. The van der Waals surface area contributed by atoms with Crippen molar-refractivity contribution in [2.75, 3.05) is 13.2 Å². The zero-order chi connectivity index (χ0) is 18.7. The fourth-order valence-corrected chi connectivity index (χ4v) is 2.90. The Morgan fingerprint density at radius 3 is 2.38 bits per heavy atom. The van der Waals surface area contributed by atoms with Crippen LogP contribution >= 0.6 is 0 Å². The van der Waals surface area contributed by atoms with E-state index in [2.05, 4.69) is 0 Å². The van der Waals surface area contributed by atoms with E-state index in [-0.39, 0.29) is 13.2 Å². The summed E-state index contributed by atoms with van der Waals surface area (Å²) in [6.07, 6.45) is 0. The van der Waals surface area contributed by atoms with Gasteiger partial charge in [-0.25, -0.2) is 9.69 Å². The molecule has 0 radical (unpaired) electrons. The molecule has 3 rings (SSSR count). The van der Waals surface area contributed by atoms with Crippen molar-refractivity contribution in [1.29, 1.82) is 0 Å². The van der Waals surface area contributed by atoms with Gasteiger partial charge in [0.15, 0.2) is 0 Å². The Labute approximate surface area is 152 Å². The number of aryl methyl sites for hydroxylation is 1. The molecule has 6 heteroatoms. The Morgan fingerprint density at radius 2 is 1.69 bits per heavy atom. The van der Waals surface area contributed by atoms with E-state index in [0.29, 0.717) is 5.75 Å². The second-order valence-electron chi connectivity index (χ2n) is 6.17. The van der Waals surface area contributed by atoms with Gasteiger partial charge in [-0.15, -0.1) is 0 Å². The van der Waals surface area contributed by atoms with Crippen LogP contribution in [0.15, 0.2) is 54.6 Å². The highest BCUT2D eigenvalue weighted by Crippen LogP contribution is 2.26. The molecule has 1 saturated heterocycles. The molecule has 0 aliphatic carbocycles. The van der Waals surface area contributed by atoms with Gasteiger partial charge in [0.1, 0.15) is 12.4 Å². The minimum Gasteiger partial charge on any atom is -0.492 e. The number of benzene rings is 2. The zero-order valence-electron chi connectivity index (χ0n) is 14.7. The first kappa shape index (κ1) is 17.7. The number of carbonyl (C=O) groups excluding carboxylic acids is 3. The third-order valence-corrected chi connectivity index (χ3v) is 4.33. The van der Waals surface area contributed by atoms with Gasteiger partial charge in [-0.05, 0) is 37.1 Å². The number of carbonyl (C=O) groups is 3. The number of nitrogens with zero attached hydrogens (tertiary/aromatic N) is 2. The summed E-state index contributed by atoms with van der Waals surface area (Å²) >= 11 is 0. The summed E-state index contributed by atoms with van der Waals surface area (Å²) in [6.45, 7) is 3.82. The summed E-state index contributed by atoms with van der Waals surface area (Å²) in [5.41, 5.74) is 1.84. The predicted octanol–water partition coefficient (Wildman–Crippen LogP) is 2.93. The SMILES string of the molecule is Cc1cccc(OCCN2C(=O)C(=O)N(C(C)c3ccccc3)C2=O)c1. The smallest absolute Gasteiger partial charge is 0.334 e. The molecule has 0 aromatic heterocycles. The van der Waals surface area contributed by atoms with E-state index < -0.39 is 23.9 Å². The van der Waals surface area contributed by atoms with Crippen molar-refractivity contribution in [1.82, 2.24) is 9.80 Å². The maximum absolute atomic E-state index is 12.6. The number of rotatable bonds is 6. The van der Waals surface area contributed by atoms with Crippen LogP contribution in [0.2, 0.25) is 0 Å². The Hall–Kier alpha value is -3.15. The Kier molecular flexibility index (Phi) is 5.02. The minimum absolute atomic E-state index is 0.0232. The highest BCUT2D eigenvalue weighted by atomic mass is 16.5. The van der Waals surface area contributed by atoms with Crippen LogP contribution in [0.25, 0.3) is 0 Å². The van der Waals surface area contributed by atoms with Gasteiger partial charge in [-0.1, -0.05) is 42.5 Å². The van der Waals surface area contributed by atoms with Gasteiger partial charge in [0.05, 0.1) is 12.6 Å². The van der Waals surface area contributed by atoms with E-state index in [0.717, 1.165) is 20.9 Å². The summed E-state index contributed by atoms with van der Waals surface area (Å²) < 4.78 is 5.59. The summed E-state index contributed by atoms with van der Waals surface area (Å²) in [5, 5.41) is 0. The fourth-order valence-electron chi connectivity index (χ4n) is 2.90. The summed E-state index contributed by atoms with van der Waals surface area (Å²) in [6, 6.07) is 15.5. The molecular formula is C20H20N2O4. The van der Waals surface area contributed by atoms with Gasteiger partial charge in [-0.2, -0.15) is 0 Å². The molecule has 6 nitrogen and oxygen atoms in total. The predicted molar refractivity (Wildman–Crippen MR) is 95.5 cm³/mol. The van der Waals surface area contributed by atoms with Crippen molar-refractivity contribution in [3.05, 3.63) is 65.7 Å². The van der Waals surface area contributed by atoms with Crippen molar-refractivity contribution >= 4 is 17.8 Å². The number of imide groups is 2. The number of hydrogen-bond acceptors (Lipinski definition) is 4. The molecule has 1 aliphatic heterocycles. The number of urea groups is 1. The van der Waals surface area contributed by atoms with E-state index in [1.807, 2.05) is 55.5 Å². The molecule has 1 aliphatic rings. The molecule has 4 amide bonds. The first-order valence-electron chi connectivity index (χ1n) is 8.42. The largest absolute Gasteiger partial charge is 0.492 e. The van der Waals surface area contributed by atoms with E-state index in [1.54, 1.807) is 13.0 Å². The molecule has 0 spiro atoms. The topological polar surface area (TPSA) is 66.9 Å². The van der Waals surface area contributed by atoms with Crippen molar-refractivity contribution in [3.8, 4) is 5.75 Å². The lowest BCUT2D eigenvalue weighted by molar-refractivity contribution is -0.144. The van der Waals surface area contributed by atoms with Crippen molar-refractivity contribution in [2.24, 2.45) is 0 Å². The van der Waals surface area contributed by atoms with E-state index >= 15 is 0 Å². The molecule has 1 heterocycles. The molecule has 1 unspecified atom stereocenters. The summed E-state index contributed by atoms with van der Waals surface area (Å²) in [5.74, 6) is -0.961. The average Bonchev–Trinajstić information content (AvgIpc) is 2.85. The maximum atomic E-state index is 12.6. The third-order valence-electron chi connectivity index (χ3n) is 4.33. The molecule has 0 N–H and O–H groups in total. The summed E-state index contributed by atoms with van der Waals surface area (Å²) in [4.78, 5) is 39.0. The van der Waals surface area contributed by atoms with Gasteiger partial charge >= 0.3 is 17.8 Å². The Bertz CT molecular complexity index is 835. The highest BCUT2D eigenvalue weighted by Gasteiger charge is 2.46. The number of amides is 4. The van der Waals surface area contributed by atoms with E-state index in [1.165, 1.54) is 0 Å². The molecule has 134 valence electrons. The third kappa shape index (κ3) is 3.44. The van der Waals surface area contributed by atoms with Gasteiger partial charge in [0.25, 0.3) is 0 Å². The Balaban J connectivity index is 1.66. The normalized spacial score (nSPS) is 15.5. The van der Waals surface area contributed by atoms with Crippen LogP contribution in [0.5, 0.6) is 5.75 Å². The number of ether oxygens (including phenoxy) is 1. The second kappa shape index (κ2) is 7.39. The van der Waals surface area contributed by atoms with Crippen LogP contribution in [0.4, 0.5) is 4.79 Å². The monoisotopic (exact) mass is 352 g/mol. The van der Waals surface area contributed by atoms with Gasteiger partial charge in [-0.3, -0.25) is 14.5 Å². The van der Waals surface area contributed by atoms with Crippen molar-refractivity contribution < 1.29 is 19.1 Å². The van der Waals surface area contributed by atoms with E-state index in [4.69, 9.17) is 4.74 Å². The molecule has 0 saturated carbocycles. The van der Waals surface area contributed by atoms with Crippen LogP contribution < -0.4 is 4.74 Å². The lowest BCUT2D eigenvalue weighted by Gasteiger charge is -2.22. The quantitative estimate of drug-likeness (QED) is 0.592. The van der Waals surface area contributed by atoms with Crippen LogP contribution in [-0.4, -0.2) is 40.8 Å². The van der Waals surface area contributed by atoms with Crippen molar-refractivity contribution in [2.45, 2.75) is 19.9 Å². The average molecular weight is 352 g/mol. The van der Waals surface area contributed by atoms with Gasteiger partial charge in [0, 0.05) is 0 Å². The zero-order valence-corrected chi connectivity index (χ0v) is 14.7. The standard InChI is InChI=1S/C20H20N2O4/c1-14-7-6-10-17(13-14)26-12-11-21-18(23)19(24)22(20(21)25)15(2)16-8-4-3-5-9-16/h3-10,13,15H,11-12H2,1-2H3. The van der Waals surface area contributed by atoms with Gasteiger partial charge < -0.3 is 4.74 Å². The van der Waals surface area contributed by atoms with Crippen LogP contribution in [0, 0.1) is 6.92 Å². The summed E-state index contributed by atoms with van der Waals surface area (Å²) in [7, 11) is 0. The minimum atomic E-state index is -0.814. The fraction of sp³-hybridized carbons (Fsp3) is 0.250. The molecule has 2 aromatic rings. The molecular weight excluding hydrogens is 332 g/mol. The highest BCUT2D eigenvalue weighted by molar-refractivity contribution is 6.44. The van der Waals surface area contributed by atoms with Crippen molar-refractivity contribution in [3.63, 3.8) is 0 Å². The molecule has 2 aromatic carbocycles. The van der Waals surface area contributed by atoms with Gasteiger partial charge in [0.2, 0.25) is 0 Å². The molecule has 1 fully saturated rings. The van der Waals surface area contributed by atoms with Crippen LogP contribution in [-0.2, 0) is 9.59 Å². The first-order chi connectivity index (χ1) is 12.5.